The summed E-state index contributed by atoms with van der Waals surface area (Å²) in [5.74, 6) is 0. The molecule has 1 rings (SSSR count). The summed E-state index contributed by atoms with van der Waals surface area (Å²) in [5, 5.41) is 5.30. The predicted octanol–water partition coefficient (Wildman–Crippen LogP) is 2.89. The second-order valence-electron chi connectivity index (χ2n) is 5.09. The maximum atomic E-state index is 4.51. The lowest BCUT2D eigenvalue weighted by Gasteiger charge is -2.19. The number of thioether (sulfide) groups is 1. The van der Waals surface area contributed by atoms with Crippen molar-refractivity contribution in [2.45, 2.75) is 45.8 Å². The average Bonchev–Trinajstić information content (AvgIpc) is 2.49. The van der Waals surface area contributed by atoms with Crippen molar-refractivity contribution >= 4 is 16.9 Å². The van der Waals surface area contributed by atoms with Crippen molar-refractivity contribution in [1.82, 2.24) is 5.32 Å². The molecule has 3 heteroatoms. The Balaban J connectivity index is 2.22. The maximum Gasteiger partial charge on any atom is 0.156 e. The number of hydrogen-bond donors (Lipinski definition) is 1. The lowest BCUT2D eigenvalue weighted by molar-refractivity contribution is 0.410. The molecule has 2 nitrogen and oxygen atoms in total. The van der Waals surface area contributed by atoms with E-state index in [1.165, 1.54) is 12.8 Å². The van der Waals surface area contributed by atoms with Crippen LogP contribution in [-0.2, 0) is 0 Å². The molecule has 0 aromatic carbocycles. The first-order valence-electron chi connectivity index (χ1n) is 5.46. The molecule has 0 saturated carbocycles. The molecule has 0 spiro atoms. The summed E-state index contributed by atoms with van der Waals surface area (Å²) in [4.78, 5) is 4.51. The average molecular weight is 214 g/mol. The van der Waals surface area contributed by atoms with E-state index in [0.29, 0.717) is 5.41 Å². The van der Waals surface area contributed by atoms with Crippen molar-refractivity contribution in [3.05, 3.63) is 0 Å². The van der Waals surface area contributed by atoms with Crippen LogP contribution < -0.4 is 5.32 Å². The first-order chi connectivity index (χ1) is 6.51. The largest absolute Gasteiger partial charge is 0.364 e. The molecule has 1 aliphatic rings. The van der Waals surface area contributed by atoms with E-state index in [4.69, 9.17) is 0 Å². The number of nitrogens with one attached hydrogen (secondary N) is 1. The zero-order valence-electron chi connectivity index (χ0n) is 9.76. The molecule has 0 bridgehead atoms. The highest BCUT2D eigenvalue weighted by atomic mass is 32.2. The molecule has 1 aliphatic heterocycles. The molecular formula is C11H22N2S. The zero-order chi connectivity index (χ0) is 10.6. The van der Waals surface area contributed by atoms with Crippen LogP contribution in [0.2, 0.25) is 0 Å². The molecule has 0 aromatic heterocycles. The van der Waals surface area contributed by atoms with Gasteiger partial charge in [0.25, 0.3) is 0 Å². The third-order valence-corrected chi connectivity index (χ3v) is 3.31. The third-order valence-electron chi connectivity index (χ3n) is 2.10. The van der Waals surface area contributed by atoms with Gasteiger partial charge in [-0.2, -0.15) is 0 Å². The third kappa shape index (κ3) is 4.36. The van der Waals surface area contributed by atoms with Crippen LogP contribution in [0.3, 0.4) is 0 Å². The lowest BCUT2D eigenvalue weighted by atomic mass is 9.97. The Morgan fingerprint density at radius 2 is 2.21 bits per heavy atom. The van der Waals surface area contributed by atoms with Crippen LogP contribution in [0.4, 0.5) is 0 Å². The second-order valence-corrected chi connectivity index (χ2v) is 6.38. The Labute approximate surface area is 92.0 Å². The lowest BCUT2D eigenvalue weighted by Crippen LogP contribution is -2.30. The minimum absolute atomic E-state index is 0.339. The molecule has 0 amide bonds. The number of hydrogen-bond acceptors (Lipinski definition) is 3. The van der Waals surface area contributed by atoms with E-state index in [1.54, 1.807) is 0 Å². The second kappa shape index (κ2) is 5.06. The van der Waals surface area contributed by atoms with E-state index in [1.807, 2.05) is 11.8 Å². The van der Waals surface area contributed by atoms with Crippen LogP contribution in [0.5, 0.6) is 0 Å². The van der Waals surface area contributed by atoms with Gasteiger partial charge in [-0.05, 0) is 11.8 Å². The smallest absolute Gasteiger partial charge is 0.156 e. The first kappa shape index (κ1) is 11.9. The minimum atomic E-state index is 0.339. The molecule has 82 valence electrons. The van der Waals surface area contributed by atoms with Gasteiger partial charge in [0.1, 0.15) is 0 Å². The van der Waals surface area contributed by atoms with Gasteiger partial charge in [0.15, 0.2) is 5.17 Å². The van der Waals surface area contributed by atoms with Crippen LogP contribution in [0.15, 0.2) is 4.99 Å². The zero-order valence-corrected chi connectivity index (χ0v) is 10.6. The van der Waals surface area contributed by atoms with Crippen LogP contribution in [0, 0.1) is 5.41 Å². The van der Waals surface area contributed by atoms with Crippen molar-refractivity contribution in [3.8, 4) is 0 Å². The number of aliphatic imine (C=N–C) groups is 1. The summed E-state index contributed by atoms with van der Waals surface area (Å²) in [7, 11) is 0. The molecule has 1 heterocycles. The first-order valence-corrected chi connectivity index (χ1v) is 6.34. The molecular weight excluding hydrogens is 192 g/mol. The van der Waals surface area contributed by atoms with Crippen LogP contribution >= 0.6 is 11.8 Å². The summed E-state index contributed by atoms with van der Waals surface area (Å²) < 4.78 is 0. The van der Waals surface area contributed by atoms with Gasteiger partial charge in [0, 0.05) is 11.8 Å². The molecule has 0 aliphatic carbocycles. The molecule has 1 unspecified atom stereocenters. The summed E-state index contributed by atoms with van der Waals surface area (Å²) in [5.41, 5.74) is 0.339. The Bertz CT molecular complexity index is 206. The summed E-state index contributed by atoms with van der Waals surface area (Å²) >= 11 is 1.91. The summed E-state index contributed by atoms with van der Waals surface area (Å²) in [6.45, 7) is 11.0. The monoisotopic (exact) mass is 214 g/mol. The van der Waals surface area contributed by atoms with Gasteiger partial charge >= 0.3 is 0 Å². The maximum absolute atomic E-state index is 4.51. The van der Waals surface area contributed by atoms with Crippen LogP contribution in [0.25, 0.3) is 0 Å². The predicted molar refractivity (Wildman–Crippen MR) is 66.0 cm³/mol. The van der Waals surface area contributed by atoms with Crippen molar-refractivity contribution in [2.24, 2.45) is 10.4 Å². The van der Waals surface area contributed by atoms with E-state index in [2.05, 4.69) is 38.0 Å². The normalized spacial score (nSPS) is 22.3. The highest BCUT2D eigenvalue weighted by molar-refractivity contribution is 8.14. The Morgan fingerprint density at radius 1 is 1.50 bits per heavy atom. The Morgan fingerprint density at radius 3 is 2.79 bits per heavy atom. The van der Waals surface area contributed by atoms with Gasteiger partial charge in [-0.1, -0.05) is 45.9 Å². The molecule has 1 N–H and O–H groups in total. The van der Waals surface area contributed by atoms with Gasteiger partial charge in [-0.3, -0.25) is 4.99 Å². The molecule has 0 fully saturated rings. The van der Waals surface area contributed by atoms with Crippen molar-refractivity contribution in [1.29, 1.82) is 0 Å². The van der Waals surface area contributed by atoms with E-state index in [0.717, 1.165) is 23.5 Å². The minimum Gasteiger partial charge on any atom is -0.364 e. The van der Waals surface area contributed by atoms with Gasteiger partial charge in [0.2, 0.25) is 0 Å². The number of rotatable bonds is 3. The van der Waals surface area contributed by atoms with Crippen molar-refractivity contribution in [3.63, 3.8) is 0 Å². The van der Waals surface area contributed by atoms with Crippen molar-refractivity contribution < 1.29 is 0 Å². The fourth-order valence-electron chi connectivity index (χ4n) is 1.33. The summed E-state index contributed by atoms with van der Waals surface area (Å²) in [6, 6.07) is 0. The summed E-state index contributed by atoms with van der Waals surface area (Å²) in [6.07, 6.45) is 2.55. The molecule has 1 atom stereocenters. The molecule has 0 radical (unpaired) electrons. The molecule has 0 saturated heterocycles. The number of nitrogens with zero attached hydrogens (tertiary/aromatic N) is 1. The van der Waals surface area contributed by atoms with Gasteiger partial charge < -0.3 is 5.32 Å². The van der Waals surface area contributed by atoms with Crippen LogP contribution in [-0.4, -0.2) is 23.5 Å². The number of amidine groups is 1. The Kier molecular flexibility index (Phi) is 4.30. The van der Waals surface area contributed by atoms with E-state index < -0.39 is 0 Å². The van der Waals surface area contributed by atoms with Gasteiger partial charge in [0.05, 0.1) is 6.54 Å². The van der Waals surface area contributed by atoms with Gasteiger partial charge in [-0.25, -0.2) is 0 Å². The molecule has 14 heavy (non-hydrogen) atoms. The van der Waals surface area contributed by atoms with E-state index in [-0.39, 0.29) is 0 Å². The van der Waals surface area contributed by atoms with E-state index in [9.17, 15) is 0 Å². The molecule has 0 aromatic rings. The van der Waals surface area contributed by atoms with Crippen LogP contribution in [0.1, 0.15) is 40.5 Å². The van der Waals surface area contributed by atoms with Gasteiger partial charge in [-0.15, -0.1) is 0 Å². The Hall–Kier alpha value is -0.180. The highest BCUT2D eigenvalue weighted by Gasteiger charge is 2.19. The quantitative estimate of drug-likeness (QED) is 0.781. The SMILES string of the molecule is CCCC1CN=C(NCC(C)(C)C)S1. The van der Waals surface area contributed by atoms with Crippen molar-refractivity contribution in [2.75, 3.05) is 13.1 Å². The fourth-order valence-corrected chi connectivity index (χ4v) is 2.45. The fraction of sp³-hybridized carbons (Fsp3) is 0.909. The highest BCUT2D eigenvalue weighted by Crippen LogP contribution is 2.24. The standard InChI is InChI=1S/C11H22N2S/c1-5-6-9-7-12-10(14-9)13-8-11(2,3)4/h9H,5-8H2,1-4H3,(H,12,13). The topological polar surface area (TPSA) is 24.4 Å². The van der Waals surface area contributed by atoms with E-state index >= 15 is 0 Å².